The van der Waals surface area contributed by atoms with E-state index >= 15 is 0 Å². The third-order valence-corrected chi connectivity index (χ3v) is 6.46. The number of anilines is 3. The molecule has 0 aliphatic heterocycles. The first-order chi connectivity index (χ1) is 19.0. The van der Waals surface area contributed by atoms with Crippen molar-refractivity contribution in [3.63, 3.8) is 0 Å². The average Bonchev–Trinajstić information content (AvgIpc) is 3.72. The van der Waals surface area contributed by atoms with E-state index in [1.165, 1.54) is 31.6 Å². The molecule has 12 heteroatoms. The maximum atomic E-state index is 14.9. The Hall–Kier alpha value is -4.19. The van der Waals surface area contributed by atoms with Gasteiger partial charge in [0.1, 0.15) is 5.82 Å². The van der Waals surface area contributed by atoms with E-state index < -0.39 is 30.0 Å². The van der Waals surface area contributed by atoms with E-state index in [1.54, 1.807) is 0 Å². The molecule has 37 heavy (non-hydrogen) atoms. The molecule has 2 heterocycles. The highest BCUT2D eigenvalue weighted by atomic mass is 19.1. The van der Waals surface area contributed by atoms with Gasteiger partial charge in [-0.15, -0.1) is 10.2 Å². The molecule has 3 aromatic rings. The van der Waals surface area contributed by atoms with Crippen molar-refractivity contribution in [3.8, 4) is 17.1 Å². The smallest absolute Gasteiger partial charge is 0.273 e. The molecule has 0 spiro atoms. The van der Waals surface area contributed by atoms with Crippen LogP contribution >= 0.6 is 0 Å². The van der Waals surface area contributed by atoms with Crippen molar-refractivity contribution in [2.24, 2.45) is 5.92 Å². The van der Waals surface area contributed by atoms with Gasteiger partial charge in [0.25, 0.3) is 5.91 Å². The molecule has 2 aromatic heterocycles. The number of hydrogen-bond acceptors (Lipinski definition) is 9. The van der Waals surface area contributed by atoms with Crippen LogP contribution in [0.5, 0.6) is 5.75 Å². The van der Waals surface area contributed by atoms with E-state index in [0.717, 1.165) is 25.3 Å². The van der Waals surface area contributed by atoms with Crippen LogP contribution in [0.3, 0.4) is 0 Å². The summed E-state index contributed by atoms with van der Waals surface area (Å²) in [6, 6.07) is 3.56. The van der Waals surface area contributed by atoms with Gasteiger partial charge in [-0.25, -0.2) is 14.4 Å². The number of hydrogen-bond donors (Lipinski definition) is 4. The van der Waals surface area contributed by atoms with Gasteiger partial charge in [0, 0.05) is 47.1 Å². The molecule has 192 valence electrons. The number of ether oxygens (including phenoxy) is 1. The number of carbonyl (C=O) groups is 2. The Kier molecular flexibility index (Phi) is 5.49. The molecule has 4 N–H and O–H groups in total. The summed E-state index contributed by atoms with van der Waals surface area (Å²) in [4.78, 5) is 33.6. The Bertz CT molecular complexity index is 1460. The molecule has 0 bridgehead atoms. The van der Waals surface area contributed by atoms with Crippen molar-refractivity contribution in [3.05, 3.63) is 47.7 Å². The van der Waals surface area contributed by atoms with E-state index in [2.05, 4.69) is 30.8 Å². The largest absolute Gasteiger partial charge is 0.494 e. The van der Waals surface area contributed by atoms with E-state index in [4.69, 9.17) is 8.85 Å². The number of aromatic nitrogens is 4. The molecule has 5 rings (SSSR count). The fourth-order valence-electron chi connectivity index (χ4n) is 4.07. The first-order valence-corrected chi connectivity index (χ1v) is 11.7. The minimum absolute atomic E-state index is 0.00766. The lowest BCUT2D eigenvalue weighted by atomic mass is 9.76. The molecule has 2 amide bonds. The van der Waals surface area contributed by atoms with Crippen molar-refractivity contribution in [2.45, 2.75) is 37.7 Å². The minimum atomic E-state index is -2.81. The zero-order valence-corrected chi connectivity index (χ0v) is 19.8. The van der Waals surface area contributed by atoms with Crippen molar-refractivity contribution < 1.29 is 27.9 Å². The third kappa shape index (κ3) is 4.92. The Morgan fingerprint density at radius 2 is 1.92 bits per heavy atom. The van der Waals surface area contributed by atoms with Gasteiger partial charge in [-0.2, -0.15) is 0 Å². The number of benzene rings is 1. The van der Waals surface area contributed by atoms with E-state index in [-0.39, 0.29) is 46.2 Å². The van der Waals surface area contributed by atoms with Gasteiger partial charge in [-0.1, -0.05) is 0 Å². The molecular weight excluding hydrogens is 481 g/mol. The standard InChI is InChI=1S/C25H26FN7O4/c1-27-24(35)20-17(10-19(32-33-20)31-23(34)13-4-5-13)30-18-9-15(26)8-16(21(18)37-2)22-28-11-14(12-29-22)25(36)6-3-7-25/h8-13,36H,3-7H2,1-2H3,(H,27,35)(H2,30,31,32,34)/i1D3. The van der Waals surface area contributed by atoms with Crippen LogP contribution in [0, 0.1) is 11.7 Å². The third-order valence-electron chi connectivity index (χ3n) is 6.46. The number of halogens is 1. The summed E-state index contributed by atoms with van der Waals surface area (Å²) in [6.45, 7) is -2.81. The lowest BCUT2D eigenvalue weighted by Gasteiger charge is -2.36. The van der Waals surface area contributed by atoms with Gasteiger partial charge in [0.05, 0.1) is 29.6 Å². The number of carbonyl (C=O) groups excluding carboxylic acids is 2. The van der Waals surface area contributed by atoms with Gasteiger partial charge in [-0.05, 0) is 38.2 Å². The monoisotopic (exact) mass is 510 g/mol. The average molecular weight is 511 g/mol. The first-order valence-electron chi connectivity index (χ1n) is 13.2. The molecule has 2 saturated carbocycles. The number of nitrogens with one attached hydrogen (secondary N) is 3. The van der Waals surface area contributed by atoms with Crippen molar-refractivity contribution in [1.29, 1.82) is 0 Å². The second-order valence-electron chi connectivity index (χ2n) is 9.05. The highest BCUT2D eigenvalue weighted by Crippen LogP contribution is 2.42. The zero-order chi connectivity index (χ0) is 28.7. The summed E-state index contributed by atoms with van der Waals surface area (Å²) < 4.78 is 42.5. The van der Waals surface area contributed by atoms with Gasteiger partial charge in [-0.3, -0.25) is 9.59 Å². The topological polar surface area (TPSA) is 151 Å². The van der Waals surface area contributed by atoms with Gasteiger partial charge < -0.3 is 25.8 Å². The van der Waals surface area contributed by atoms with Crippen molar-refractivity contribution >= 4 is 29.0 Å². The predicted molar refractivity (Wildman–Crippen MR) is 132 cm³/mol. The number of amides is 2. The Morgan fingerprint density at radius 1 is 1.16 bits per heavy atom. The molecule has 0 atom stereocenters. The highest BCUT2D eigenvalue weighted by Gasteiger charge is 2.37. The number of rotatable bonds is 8. The molecule has 1 aromatic carbocycles. The Labute approximate surface area is 216 Å². The second-order valence-corrected chi connectivity index (χ2v) is 9.05. The van der Waals surface area contributed by atoms with Crippen molar-refractivity contribution in [2.75, 3.05) is 24.7 Å². The fourth-order valence-corrected chi connectivity index (χ4v) is 4.07. The SMILES string of the molecule is [2H]C([2H])([2H])NC(=O)c1nnc(NC(=O)C2CC2)cc1Nc1cc(F)cc(-c2ncc(C3(O)CCC3)cn2)c1OC. The van der Waals surface area contributed by atoms with Crippen LogP contribution in [0.25, 0.3) is 11.4 Å². The minimum Gasteiger partial charge on any atom is -0.494 e. The Balaban J connectivity index is 1.52. The van der Waals surface area contributed by atoms with Crippen LogP contribution in [0.4, 0.5) is 21.6 Å². The van der Waals surface area contributed by atoms with Gasteiger partial charge in [0.15, 0.2) is 23.1 Å². The summed E-state index contributed by atoms with van der Waals surface area (Å²) >= 11 is 0. The highest BCUT2D eigenvalue weighted by molar-refractivity contribution is 6.00. The van der Waals surface area contributed by atoms with Crippen LogP contribution in [0.2, 0.25) is 0 Å². The maximum Gasteiger partial charge on any atom is 0.273 e. The molecule has 0 saturated heterocycles. The summed E-state index contributed by atoms with van der Waals surface area (Å²) in [5.41, 5.74) is -0.675. The summed E-state index contributed by atoms with van der Waals surface area (Å²) in [6.07, 6.45) is 6.56. The normalized spacial score (nSPS) is 17.4. The van der Waals surface area contributed by atoms with Crippen LogP contribution in [-0.2, 0) is 10.4 Å². The maximum absolute atomic E-state index is 14.9. The van der Waals surface area contributed by atoms with E-state index in [9.17, 15) is 19.1 Å². The summed E-state index contributed by atoms with van der Waals surface area (Å²) in [5.74, 6) is -1.93. The fraction of sp³-hybridized carbons (Fsp3) is 0.360. The number of aliphatic hydroxyl groups is 1. The second kappa shape index (κ2) is 9.69. The molecule has 0 radical (unpaired) electrons. The molecular formula is C25H26FN7O4. The molecule has 2 aliphatic rings. The van der Waals surface area contributed by atoms with Crippen LogP contribution in [0.15, 0.2) is 30.6 Å². The zero-order valence-electron chi connectivity index (χ0n) is 22.8. The Morgan fingerprint density at radius 3 is 2.54 bits per heavy atom. The number of nitrogens with zero attached hydrogens (tertiary/aromatic N) is 4. The van der Waals surface area contributed by atoms with E-state index in [0.29, 0.717) is 18.4 Å². The summed E-state index contributed by atoms with van der Waals surface area (Å²) in [5, 5.41) is 25.5. The lowest BCUT2D eigenvalue weighted by Crippen LogP contribution is -2.33. The molecule has 2 fully saturated rings. The van der Waals surface area contributed by atoms with Gasteiger partial charge in [0.2, 0.25) is 5.91 Å². The quantitative estimate of drug-likeness (QED) is 0.358. The predicted octanol–water partition coefficient (Wildman–Crippen LogP) is 2.90. The van der Waals surface area contributed by atoms with Crippen LogP contribution in [0.1, 0.15) is 52.3 Å². The molecule has 0 unspecified atom stereocenters. The molecule has 11 nitrogen and oxygen atoms in total. The summed E-state index contributed by atoms with van der Waals surface area (Å²) in [7, 11) is 1.35. The van der Waals surface area contributed by atoms with E-state index in [1.807, 2.05) is 5.32 Å². The molecule has 2 aliphatic carbocycles. The van der Waals surface area contributed by atoms with Crippen molar-refractivity contribution in [1.82, 2.24) is 25.5 Å². The first kappa shape index (κ1) is 20.9. The van der Waals surface area contributed by atoms with Gasteiger partial charge >= 0.3 is 0 Å². The van der Waals surface area contributed by atoms with Crippen LogP contribution in [-0.4, -0.2) is 51.2 Å². The lowest BCUT2D eigenvalue weighted by molar-refractivity contribution is -0.117. The number of methoxy groups -OCH3 is 1. The van der Waals surface area contributed by atoms with Crippen LogP contribution < -0.4 is 20.7 Å².